The number of amides is 1. The highest BCUT2D eigenvalue weighted by Crippen LogP contribution is 2.51. The zero-order valence-corrected chi connectivity index (χ0v) is 23.5. The van der Waals surface area contributed by atoms with Crippen molar-refractivity contribution >= 4 is 39.0 Å². The number of aryl methyl sites for hydroxylation is 1. The Labute approximate surface area is 238 Å². The molecule has 4 aromatic rings. The second-order valence-electron chi connectivity index (χ2n) is 12.0. The molecule has 0 spiro atoms. The lowest BCUT2D eigenvalue weighted by atomic mass is 9.94. The number of ether oxygens (including phenoxy) is 1. The number of aromatic nitrogens is 2. The van der Waals surface area contributed by atoms with E-state index in [1.165, 1.54) is 0 Å². The predicted molar refractivity (Wildman–Crippen MR) is 158 cm³/mol. The molecule has 0 radical (unpaired) electrons. The van der Waals surface area contributed by atoms with Gasteiger partial charge in [0.15, 0.2) is 5.82 Å². The number of likely N-dealkylation sites (tertiary alicyclic amines) is 1. The lowest BCUT2D eigenvalue weighted by molar-refractivity contribution is -0.121. The Hall–Kier alpha value is -3.82. The Morgan fingerprint density at radius 2 is 1.95 bits per heavy atom. The summed E-state index contributed by atoms with van der Waals surface area (Å²) < 4.78 is 23.0. The molecule has 2 aromatic carbocycles. The lowest BCUT2D eigenvalue weighted by Gasteiger charge is -2.52. The van der Waals surface area contributed by atoms with Crippen LogP contribution in [0.4, 0.5) is 15.8 Å². The van der Waals surface area contributed by atoms with Crippen LogP contribution in [0.25, 0.3) is 32.9 Å². The normalized spacial score (nSPS) is 25.9. The summed E-state index contributed by atoms with van der Waals surface area (Å²) in [5.74, 6) is -0.0848. The second-order valence-corrected chi connectivity index (χ2v) is 12.0. The maximum Gasteiger partial charge on any atom is 0.251 e. The largest absolute Gasteiger partial charge is 0.474 e. The minimum atomic E-state index is -0.471. The van der Waals surface area contributed by atoms with E-state index in [4.69, 9.17) is 14.7 Å². The number of fused-ring (bicyclic) bond motifs is 5. The maximum absolute atomic E-state index is 16.7. The number of halogens is 1. The summed E-state index contributed by atoms with van der Waals surface area (Å²) in [6, 6.07) is 11.8. The molecule has 4 aliphatic heterocycles. The molecule has 210 valence electrons. The molecule has 6 heterocycles. The first-order valence-corrected chi connectivity index (χ1v) is 14.6. The number of carbonyl (C=O) groups excluding carboxylic acids is 1. The average molecular weight is 553 g/mol. The van der Waals surface area contributed by atoms with E-state index in [9.17, 15) is 4.79 Å². The third-order valence-corrected chi connectivity index (χ3v) is 9.56. The van der Waals surface area contributed by atoms with Crippen LogP contribution in [0, 0.1) is 12.7 Å². The van der Waals surface area contributed by atoms with Gasteiger partial charge in [-0.1, -0.05) is 36.4 Å². The zero-order chi connectivity index (χ0) is 28.0. The summed E-state index contributed by atoms with van der Waals surface area (Å²) in [7, 11) is 2.12. The van der Waals surface area contributed by atoms with Gasteiger partial charge in [-0.05, 0) is 56.6 Å². The van der Waals surface area contributed by atoms with Gasteiger partial charge in [-0.25, -0.2) is 9.37 Å². The summed E-state index contributed by atoms with van der Waals surface area (Å²) >= 11 is 0. The van der Waals surface area contributed by atoms with Crippen molar-refractivity contribution in [2.75, 3.05) is 43.1 Å². The van der Waals surface area contributed by atoms with Gasteiger partial charge in [0.25, 0.3) is 5.91 Å². The molecule has 1 amide bonds. The number of carbonyl (C=O) groups is 1. The van der Waals surface area contributed by atoms with E-state index in [1.807, 2.05) is 48.2 Å². The van der Waals surface area contributed by atoms with E-state index in [2.05, 4.69) is 29.1 Å². The van der Waals surface area contributed by atoms with Crippen LogP contribution in [0.5, 0.6) is 5.88 Å². The Kier molecular flexibility index (Phi) is 5.53. The molecule has 4 aliphatic rings. The van der Waals surface area contributed by atoms with Crippen LogP contribution in [-0.2, 0) is 4.79 Å². The molecule has 2 fully saturated rings. The summed E-state index contributed by atoms with van der Waals surface area (Å²) in [6.45, 7) is 6.63. The summed E-state index contributed by atoms with van der Waals surface area (Å²) in [5.41, 5.74) is 3.77. The highest BCUT2D eigenvalue weighted by molar-refractivity contribution is 6.14. The quantitative estimate of drug-likeness (QED) is 0.398. The molecule has 0 unspecified atom stereocenters. The minimum Gasteiger partial charge on any atom is -0.474 e. The van der Waals surface area contributed by atoms with Gasteiger partial charge < -0.3 is 19.9 Å². The number of nitrogens with zero attached hydrogens (tertiary/aromatic N) is 5. The summed E-state index contributed by atoms with van der Waals surface area (Å²) in [5, 5.41) is 6.12. The lowest BCUT2D eigenvalue weighted by Crippen LogP contribution is -2.68. The van der Waals surface area contributed by atoms with Crippen molar-refractivity contribution < 1.29 is 13.9 Å². The number of rotatable bonds is 2. The number of likely N-dealkylation sites (N-methyl/N-ethyl adjacent to an activating group) is 1. The van der Waals surface area contributed by atoms with Crippen LogP contribution in [0.2, 0.25) is 0 Å². The fourth-order valence-electron chi connectivity index (χ4n) is 7.59. The van der Waals surface area contributed by atoms with E-state index in [-0.39, 0.29) is 41.3 Å². The molecular weight excluding hydrogens is 519 g/mol. The molecule has 0 saturated carbocycles. The van der Waals surface area contributed by atoms with E-state index >= 15 is 4.39 Å². The number of hydrogen-bond acceptors (Lipinski definition) is 7. The fraction of sp³-hybridized carbons (Fsp3) is 0.406. The van der Waals surface area contributed by atoms with Crippen LogP contribution in [0.1, 0.15) is 25.3 Å². The first kappa shape index (κ1) is 24.9. The van der Waals surface area contributed by atoms with Crippen molar-refractivity contribution in [1.82, 2.24) is 20.2 Å². The van der Waals surface area contributed by atoms with E-state index in [0.29, 0.717) is 36.6 Å². The Bertz CT molecular complexity index is 1740. The maximum atomic E-state index is 16.7. The third kappa shape index (κ3) is 3.55. The molecular formula is C32H33FN6O2. The molecule has 1 N–H and O–H groups in total. The highest BCUT2D eigenvalue weighted by Gasteiger charge is 2.51. The van der Waals surface area contributed by atoms with Gasteiger partial charge in [0.1, 0.15) is 29.5 Å². The first-order valence-electron chi connectivity index (χ1n) is 14.6. The molecule has 8 nitrogen and oxygen atoms in total. The van der Waals surface area contributed by atoms with Crippen LogP contribution in [0.3, 0.4) is 0 Å². The highest BCUT2D eigenvalue weighted by atomic mass is 19.1. The Morgan fingerprint density at radius 3 is 2.76 bits per heavy atom. The zero-order valence-electron chi connectivity index (χ0n) is 23.5. The number of benzene rings is 2. The number of piperazine rings is 1. The third-order valence-electron chi connectivity index (χ3n) is 9.56. The molecule has 9 heteroatoms. The van der Waals surface area contributed by atoms with Crippen molar-refractivity contribution in [2.45, 2.75) is 50.9 Å². The smallest absolute Gasteiger partial charge is 0.251 e. The van der Waals surface area contributed by atoms with Crippen molar-refractivity contribution in [1.29, 1.82) is 0 Å². The number of pyridine rings is 2. The molecule has 0 bridgehead atoms. The van der Waals surface area contributed by atoms with E-state index < -0.39 is 5.82 Å². The van der Waals surface area contributed by atoms with Gasteiger partial charge in [-0.3, -0.25) is 14.7 Å². The van der Waals surface area contributed by atoms with Crippen molar-refractivity contribution in [2.24, 2.45) is 0 Å². The van der Waals surface area contributed by atoms with Crippen LogP contribution in [0.15, 0.2) is 42.6 Å². The average Bonchev–Trinajstić information content (AvgIpc) is 3.40. The van der Waals surface area contributed by atoms with Gasteiger partial charge in [0.2, 0.25) is 5.88 Å². The van der Waals surface area contributed by atoms with Gasteiger partial charge >= 0.3 is 0 Å². The predicted octanol–water partition coefficient (Wildman–Crippen LogP) is 4.27. The van der Waals surface area contributed by atoms with Gasteiger partial charge in [0, 0.05) is 42.3 Å². The SMILES string of the molecule is Cc1cccc2cccc(-c3ncc4c5c6c(nc4c3F)OC[C@@H]([C@@H]3CCCN3C)N6C(=O)[C@H]3CN[C@H](C)CN53)c12. The molecule has 0 aliphatic carbocycles. The number of hydrogen-bond donors (Lipinski definition) is 1. The van der Waals surface area contributed by atoms with E-state index in [0.717, 1.165) is 47.0 Å². The number of anilines is 2. The van der Waals surface area contributed by atoms with Gasteiger partial charge in [-0.15, -0.1) is 0 Å². The molecule has 41 heavy (non-hydrogen) atoms. The van der Waals surface area contributed by atoms with E-state index in [1.54, 1.807) is 6.20 Å². The van der Waals surface area contributed by atoms with Crippen LogP contribution < -0.4 is 19.9 Å². The topological polar surface area (TPSA) is 73.8 Å². The standard InChI is InChI=1S/C32H33FN6O2/c1-17-7-4-8-19-9-5-10-20(25(17)19)27-26(33)28-21(13-35-27)29-30-31(36-28)41-16-24(22-11-6-12-37(22)3)39(30)32(40)23-14-34-18(2)15-38(23)29/h4-5,7-10,13,18,22-24,34H,6,11-12,14-16H2,1-3H3/t18-,22+,23-,24+/m1/s1. The molecule has 4 atom stereocenters. The monoisotopic (exact) mass is 552 g/mol. The van der Waals surface area contributed by atoms with Crippen molar-refractivity contribution in [3.63, 3.8) is 0 Å². The van der Waals surface area contributed by atoms with Crippen molar-refractivity contribution in [3.8, 4) is 17.1 Å². The van der Waals surface area contributed by atoms with Gasteiger partial charge in [-0.2, -0.15) is 0 Å². The van der Waals surface area contributed by atoms with Crippen LogP contribution >= 0.6 is 0 Å². The number of nitrogens with one attached hydrogen (secondary N) is 1. The van der Waals surface area contributed by atoms with Gasteiger partial charge in [0.05, 0.1) is 11.7 Å². The summed E-state index contributed by atoms with van der Waals surface area (Å²) in [6.07, 6.45) is 3.85. The van der Waals surface area contributed by atoms with Crippen molar-refractivity contribution in [3.05, 3.63) is 54.0 Å². The fourth-order valence-corrected chi connectivity index (χ4v) is 7.59. The van der Waals surface area contributed by atoms with Crippen LogP contribution in [-0.4, -0.2) is 78.2 Å². The Balaban J connectivity index is 1.37. The Morgan fingerprint density at radius 1 is 1.12 bits per heavy atom. The second kappa shape index (κ2) is 9.09. The molecule has 2 saturated heterocycles. The summed E-state index contributed by atoms with van der Waals surface area (Å²) in [4.78, 5) is 30.1. The molecule has 2 aromatic heterocycles. The first-order chi connectivity index (χ1) is 19.9. The minimum absolute atomic E-state index is 0.0594. The molecule has 8 rings (SSSR count).